The zero-order valence-electron chi connectivity index (χ0n) is 11.6. The highest BCUT2D eigenvalue weighted by Gasteiger charge is 2.22. The Labute approximate surface area is 113 Å². The highest BCUT2D eigenvalue weighted by molar-refractivity contribution is 5.84. The number of carbonyl (C=O) groups excluding carboxylic acids is 2. The van der Waals surface area contributed by atoms with Crippen LogP contribution in [-0.2, 0) is 19.1 Å². The van der Waals surface area contributed by atoms with Crippen molar-refractivity contribution >= 4 is 17.8 Å². The third-order valence-electron chi connectivity index (χ3n) is 2.56. The zero-order chi connectivity index (χ0) is 14.7. The first-order valence-electron chi connectivity index (χ1n) is 6.69. The summed E-state index contributed by atoms with van der Waals surface area (Å²) in [6, 6.07) is -0.870. The molecule has 0 aromatic rings. The maximum absolute atomic E-state index is 11.6. The minimum atomic E-state index is -1.01. The zero-order valence-corrected chi connectivity index (χ0v) is 11.6. The van der Waals surface area contributed by atoms with E-state index in [-0.39, 0.29) is 25.4 Å². The fourth-order valence-corrected chi connectivity index (χ4v) is 1.56. The molecule has 0 aromatic heterocycles. The van der Waals surface area contributed by atoms with E-state index in [2.05, 4.69) is 5.32 Å². The van der Waals surface area contributed by atoms with Gasteiger partial charge < -0.3 is 15.2 Å². The van der Waals surface area contributed by atoms with E-state index in [1.807, 2.05) is 6.92 Å². The number of ether oxygens (including phenoxy) is 1. The first-order chi connectivity index (χ1) is 9.01. The molecule has 0 radical (unpaired) electrons. The van der Waals surface area contributed by atoms with Crippen LogP contribution >= 0.6 is 0 Å². The van der Waals surface area contributed by atoms with Gasteiger partial charge in [0.25, 0.3) is 0 Å². The van der Waals surface area contributed by atoms with E-state index in [4.69, 9.17) is 9.84 Å². The molecule has 0 saturated heterocycles. The SMILES string of the molecule is CCCCCC(=O)NC(CCC(=O)O)C(=O)OCC. The smallest absolute Gasteiger partial charge is 0.328 e. The molecule has 2 N–H and O–H groups in total. The van der Waals surface area contributed by atoms with Crippen molar-refractivity contribution in [3.63, 3.8) is 0 Å². The van der Waals surface area contributed by atoms with Gasteiger partial charge in [-0.05, 0) is 19.8 Å². The highest BCUT2D eigenvalue weighted by Crippen LogP contribution is 2.04. The number of carboxylic acids is 1. The highest BCUT2D eigenvalue weighted by atomic mass is 16.5. The summed E-state index contributed by atoms with van der Waals surface area (Å²) in [5.74, 6) is -1.82. The lowest BCUT2D eigenvalue weighted by Gasteiger charge is -2.16. The Morgan fingerprint density at radius 3 is 2.37 bits per heavy atom. The number of amides is 1. The minimum Gasteiger partial charge on any atom is -0.481 e. The Kier molecular flexibility index (Phi) is 9.48. The predicted molar refractivity (Wildman–Crippen MR) is 69.6 cm³/mol. The summed E-state index contributed by atoms with van der Waals surface area (Å²) in [7, 11) is 0. The molecule has 0 heterocycles. The Hall–Kier alpha value is -1.59. The molecule has 6 heteroatoms. The molecule has 0 spiro atoms. The normalized spacial score (nSPS) is 11.7. The average molecular weight is 273 g/mol. The summed E-state index contributed by atoms with van der Waals surface area (Å²) >= 11 is 0. The Balaban J connectivity index is 4.27. The van der Waals surface area contributed by atoms with Gasteiger partial charge in [0.2, 0.25) is 5.91 Å². The van der Waals surface area contributed by atoms with E-state index in [1.165, 1.54) is 0 Å². The van der Waals surface area contributed by atoms with Crippen molar-refractivity contribution < 1.29 is 24.2 Å². The first kappa shape index (κ1) is 17.4. The number of nitrogens with one attached hydrogen (secondary N) is 1. The van der Waals surface area contributed by atoms with Gasteiger partial charge >= 0.3 is 11.9 Å². The van der Waals surface area contributed by atoms with E-state index in [0.717, 1.165) is 19.3 Å². The molecule has 0 aliphatic heterocycles. The van der Waals surface area contributed by atoms with Crippen molar-refractivity contribution in [2.75, 3.05) is 6.61 Å². The largest absolute Gasteiger partial charge is 0.481 e. The van der Waals surface area contributed by atoms with Crippen molar-refractivity contribution in [1.82, 2.24) is 5.32 Å². The topological polar surface area (TPSA) is 92.7 Å². The lowest BCUT2D eigenvalue weighted by atomic mass is 10.1. The number of aliphatic carboxylic acids is 1. The molecule has 0 aliphatic carbocycles. The van der Waals surface area contributed by atoms with E-state index >= 15 is 0 Å². The first-order valence-corrected chi connectivity index (χ1v) is 6.69. The van der Waals surface area contributed by atoms with Crippen LogP contribution in [0.15, 0.2) is 0 Å². The van der Waals surface area contributed by atoms with Crippen molar-refractivity contribution in [2.45, 2.75) is 58.4 Å². The molecule has 0 rings (SSSR count). The van der Waals surface area contributed by atoms with Crippen LogP contribution in [0.25, 0.3) is 0 Å². The summed E-state index contributed by atoms with van der Waals surface area (Å²) in [4.78, 5) is 33.7. The Morgan fingerprint density at radius 2 is 1.84 bits per heavy atom. The van der Waals surface area contributed by atoms with Crippen LogP contribution in [0.2, 0.25) is 0 Å². The van der Waals surface area contributed by atoms with E-state index < -0.39 is 18.0 Å². The molecular formula is C13H23NO5. The van der Waals surface area contributed by atoms with Gasteiger partial charge in [0.05, 0.1) is 6.61 Å². The van der Waals surface area contributed by atoms with Crippen LogP contribution in [0.5, 0.6) is 0 Å². The van der Waals surface area contributed by atoms with Crippen LogP contribution in [0.3, 0.4) is 0 Å². The molecule has 1 unspecified atom stereocenters. The number of hydrogen-bond acceptors (Lipinski definition) is 4. The molecule has 6 nitrogen and oxygen atoms in total. The van der Waals surface area contributed by atoms with Gasteiger partial charge in [-0.3, -0.25) is 9.59 Å². The van der Waals surface area contributed by atoms with Crippen LogP contribution < -0.4 is 5.32 Å². The molecule has 1 amide bonds. The number of hydrogen-bond donors (Lipinski definition) is 2. The monoisotopic (exact) mass is 273 g/mol. The van der Waals surface area contributed by atoms with Crippen molar-refractivity contribution in [3.05, 3.63) is 0 Å². The minimum absolute atomic E-state index is 0.0493. The van der Waals surface area contributed by atoms with Crippen LogP contribution in [-0.4, -0.2) is 35.6 Å². The number of unbranched alkanes of at least 4 members (excludes halogenated alkanes) is 2. The lowest BCUT2D eigenvalue weighted by Crippen LogP contribution is -2.42. The molecule has 0 aromatic carbocycles. The van der Waals surface area contributed by atoms with Crippen LogP contribution in [0, 0.1) is 0 Å². The fourth-order valence-electron chi connectivity index (χ4n) is 1.56. The van der Waals surface area contributed by atoms with Gasteiger partial charge in [0.1, 0.15) is 6.04 Å². The summed E-state index contributed by atoms with van der Waals surface area (Å²) in [6.07, 6.45) is 2.93. The van der Waals surface area contributed by atoms with Gasteiger partial charge in [0.15, 0.2) is 0 Å². The van der Waals surface area contributed by atoms with Crippen molar-refractivity contribution in [2.24, 2.45) is 0 Å². The maximum Gasteiger partial charge on any atom is 0.328 e. The number of carbonyl (C=O) groups is 3. The molecule has 110 valence electrons. The second-order valence-electron chi connectivity index (χ2n) is 4.26. The second-order valence-corrected chi connectivity index (χ2v) is 4.26. The fraction of sp³-hybridized carbons (Fsp3) is 0.769. The van der Waals surface area contributed by atoms with E-state index in [9.17, 15) is 14.4 Å². The Bertz CT molecular complexity index is 303. The van der Waals surface area contributed by atoms with Gasteiger partial charge in [-0.1, -0.05) is 19.8 Å². The van der Waals surface area contributed by atoms with Crippen molar-refractivity contribution in [3.8, 4) is 0 Å². The number of esters is 1. The average Bonchev–Trinajstić information content (AvgIpc) is 2.34. The second kappa shape index (κ2) is 10.3. The predicted octanol–water partition coefficient (Wildman–Crippen LogP) is 1.48. The van der Waals surface area contributed by atoms with E-state index in [0.29, 0.717) is 6.42 Å². The molecule has 0 aliphatic rings. The van der Waals surface area contributed by atoms with Gasteiger partial charge in [-0.15, -0.1) is 0 Å². The van der Waals surface area contributed by atoms with Gasteiger partial charge in [0, 0.05) is 12.8 Å². The molecule has 0 fully saturated rings. The standard InChI is InChI=1S/C13H23NO5/c1-3-5-6-7-11(15)14-10(8-9-12(16)17)13(18)19-4-2/h10H,3-9H2,1-2H3,(H,14,15)(H,16,17). The number of rotatable bonds is 10. The van der Waals surface area contributed by atoms with Crippen molar-refractivity contribution in [1.29, 1.82) is 0 Å². The Morgan fingerprint density at radius 1 is 1.16 bits per heavy atom. The molecule has 0 bridgehead atoms. The molecule has 1 atom stereocenters. The molecular weight excluding hydrogens is 250 g/mol. The summed E-state index contributed by atoms with van der Waals surface area (Å²) in [5.41, 5.74) is 0. The maximum atomic E-state index is 11.6. The van der Waals surface area contributed by atoms with Gasteiger partial charge in [-0.2, -0.15) is 0 Å². The quantitative estimate of drug-likeness (QED) is 0.464. The summed E-state index contributed by atoms with van der Waals surface area (Å²) in [5, 5.41) is 11.2. The third kappa shape index (κ3) is 9.04. The van der Waals surface area contributed by atoms with Crippen LogP contribution in [0.4, 0.5) is 0 Å². The number of carboxylic acid groups (broad SMARTS) is 1. The lowest BCUT2D eigenvalue weighted by molar-refractivity contribution is -0.148. The molecule has 0 saturated carbocycles. The molecule has 19 heavy (non-hydrogen) atoms. The van der Waals surface area contributed by atoms with E-state index in [1.54, 1.807) is 6.92 Å². The van der Waals surface area contributed by atoms with Gasteiger partial charge in [-0.25, -0.2) is 4.79 Å². The third-order valence-corrected chi connectivity index (χ3v) is 2.56. The summed E-state index contributed by atoms with van der Waals surface area (Å²) in [6.45, 7) is 3.90. The van der Waals surface area contributed by atoms with Crippen LogP contribution in [0.1, 0.15) is 52.4 Å². The summed E-state index contributed by atoms with van der Waals surface area (Å²) < 4.78 is 4.82.